The van der Waals surface area contributed by atoms with E-state index in [9.17, 15) is 13.2 Å². The monoisotopic (exact) mass is 337 g/mol. The highest BCUT2D eigenvalue weighted by atomic mass is 79.9. The molecule has 2 rings (SSSR count). The summed E-state index contributed by atoms with van der Waals surface area (Å²) >= 11 is 5.01. The number of alkyl halides is 4. The van der Waals surface area contributed by atoms with Gasteiger partial charge in [-0.3, -0.25) is 0 Å². The van der Waals surface area contributed by atoms with Crippen molar-refractivity contribution in [2.24, 2.45) is 0 Å². The van der Waals surface area contributed by atoms with Gasteiger partial charge in [0, 0.05) is 15.9 Å². The van der Waals surface area contributed by atoms with Crippen LogP contribution in [0.3, 0.4) is 0 Å². The van der Waals surface area contributed by atoms with Crippen LogP contribution in [0.4, 0.5) is 13.2 Å². The molecule has 1 aromatic carbocycles. The zero-order valence-electron chi connectivity index (χ0n) is 9.51. The van der Waals surface area contributed by atoms with Gasteiger partial charge in [-0.2, -0.15) is 13.2 Å². The van der Waals surface area contributed by atoms with Gasteiger partial charge < -0.3 is 5.32 Å². The fraction of sp³-hybridized carbons (Fsp3) is 0.333. The first-order chi connectivity index (χ1) is 8.41. The van der Waals surface area contributed by atoms with Gasteiger partial charge in [-0.15, -0.1) is 0 Å². The Bertz CT molecular complexity index is 467. The van der Waals surface area contributed by atoms with Crippen LogP contribution < -0.4 is 5.32 Å². The molecule has 0 amide bonds. The molecule has 1 N–H and O–H groups in total. The van der Waals surface area contributed by atoms with E-state index in [0.717, 1.165) is 28.7 Å². The van der Waals surface area contributed by atoms with Crippen molar-refractivity contribution in [1.29, 1.82) is 0 Å². The molecular formula is C12H11BrF3NS. The van der Waals surface area contributed by atoms with E-state index in [1.54, 1.807) is 11.8 Å². The average molecular weight is 338 g/mol. The third kappa shape index (κ3) is 2.85. The number of benzene rings is 1. The second-order valence-electron chi connectivity index (χ2n) is 3.94. The SMILES string of the molecule is CC1=C(CBr)SC(c2ccc(C(F)(F)F)cc2)N1. The lowest BCUT2D eigenvalue weighted by atomic mass is 10.1. The fourth-order valence-corrected chi connectivity index (χ4v) is 3.60. The van der Waals surface area contributed by atoms with E-state index in [4.69, 9.17) is 0 Å². The van der Waals surface area contributed by atoms with Crippen molar-refractivity contribution in [3.05, 3.63) is 46.0 Å². The summed E-state index contributed by atoms with van der Waals surface area (Å²) < 4.78 is 37.3. The molecule has 0 fully saturated rings. The minimum absolute atomic E-state index is 0.000154. The van der Waals surface area contributed by atoms with E-state index < -0.39 is 11.7 Å². The first kappa shape index (κ1) is 13.8. The van der Waals surface area contributed by atoms with Crippen molar-refractivity contribution >= 4 is 27.7 Å². The van der Waals surface area contributed by atoms with E-state index in [2.05, 4.69) is 21.2 Å². The summed E-state index contributed by atoms with van der Waals surface area (Å²) in [4.78, 5) is 1.18. The zero-order valence-corrected chi connectivity index (χ0v) is 11.9. The first-order valence-electron chi connectivity index (χ1n) is 5.28. The molecule has 0 aromatic heterocycles. The molecule has 0 aliphatic carbocycles. The summed E-state index contributed by atoms with van der Waals surface area (Å²) in [6, 6.07) is 5.30. The molecule has 18 heavy (non-hydrogen) atoms. The van der Waals surface area contributed by atoms with Crippen LogP contribution >= 0.6 is 27.7 Å². The van der Waals surface area contributed by atoms with E-state index in [-0.39, 0.29) is 5.37 Å². The molecule has 0 bridgehead atoms. The highest BCUT2D eigenvalue weighted by Crippen LogP contribution is 2.41. The molecular weight excluding hydrogens is 327 g/mol. The number of nitrogens with one attached hydrogen (secondary N) is 1. The maximum atomic E-state index is 12.4. The second kappa shape index (κ2) is 5.17. The molecule has 1 nitrogen and oxygen atoms in total. The predicted molar refractivity (Wildman–Crippen MR) is 71.4 cm³/mol. The summed E-state index contributed by atoms with van der Waals surface area (Å²) in [7, 11) is 0. The zero-order chi connectivity index (χ0) is 13.3. The number of hydrogen-bond donors (Lipinski definition) is 1. The number of rotatable bonds is 2. The number of hydrogen-bond acceptors (Lipinski definition) is 2. The van der Waals surface area contributed by atoms with E-state index in [1.165, 1.54) is 17.0 Å². The number of halogens is 4. The standard InChI is InChI=1S/C12H11BrF3NS/c1-7-10(6-13)18-11(17-7)8-2-4-9(5-3-8)12(14,15)16/h2-5,11,17H,6H2,1H3. The molecule has 1 aromatic rings. The molecule has 1 atom stereocenters. The van der Waals surface area contributed by atoms with Crippen LogP contribution in [-0.4, -0.2) is 5.33 Å². The topological polar surface area (TPSA) is 12.0 Å². The molecule has 6 heteroatoms. The second-order valence-corrected chi connectivity index (χ2v) is 5.70. The molecule has 0 radical (unpaired) electrons. The molecule has 0 saturated carbocycles. The van der Waals surface area contributed by atoms with Crippen LogP contribution in [0.2, 0.25) is 0 Å². The van der Waals surface area contributed by atoms with Crippen LogP contribution in [0.25, 0.3) is 0 Å². The minimum atomic E-state index is -4.27. The van der Waals surface area contributed by atoms with Crippen molar-refractivity contribution in [2.45, 2.75) is 18.5 Å². The molecule has 0 spiro atoms. The summed E-state index contributed by atoms with van der Waals surface area (Å²) in [6.45, 7) is 1.97. The maximum Gasteiger partial charge on any atom is 0.416 e. The average Bonchev–Trinajstić information content (AvgIpc) is 2.69. The van der Waals surface area contributed by atoms with E-state index in [1.807, 2.05) is 6.92 Å². The van der Waals surface area contributed by atoms with Gasteiger partial charge in [-0.25, -0.2) is 0 Å². The molecule has 1 aliphatic heterocycles. The Kier molecular flexibility index (Phi) is 3.96. The third-order valence-corrected chi connectivity index (χ3v) is 4.98. The number of allylic oxidation sites excluding steroid dienone is 2. The lowest BCUT2D eigenvalue weighted by Gasteiger charge is -2.13. The van der Waals surface area contributed by atoms with E-state index >= 15 is 0 Å². The Labute approximate surface area is 116 Å². The van der Waals surface area contributed by atoms with Gasteiger partial charge in [0.05, 0.1) is 5.56 Å². The summed E-state index contributed by atoms with van der Waals surface area (Å²) in [5.74, 6) is 0. The normalized spacial score (nSPS) is 20.2. The fourth-order valence-electron chi connectivity index (χ4n) is 1.67. The lowest BCUT2D eigenvalue weighted by Crippen LogP contribution is -2.11. The Morgan fingerprint density at radius 3 is 2.33 bits per heavy atom. The van der Waals surface area contributed by atoms with Gasteiger partial charge in [-0.1, -0.05) is 39.8 Å². The van der Waals surface area contributed by atoms with Gasteiger partial charge in [0.15, 0.2) is 0 Å². The third-order valence-electron chi connectivity index (χ3n) is 2.69. The minimum Gasteiger partial charge on any atom is -0.372 e. The number of thioether (sulfide) groups is 1. The molecule has 1 unspecified atom stereocenters. The molecule has 98 valence electrons. The van der Waals surface area contributed by atoms with Gasteiger partial charge in [0.1, 0.15) is 5.37 Å². The molecule has 0 saturated heterocycles. The molecule has 1 heterocycles. The quantitative estimate of drug-likeness (QED) is 0.787. The first-order valence-corrected chi connectivity index (χ1v) is 7.28. The Balaban J connectivity index is 2.13. The largest absolute Gasteiger partial charge is 0.416 e. The van der Waals surface area contributed by atoms with Gasteiger partial charge in [0.2, 0.25) is 0 Å². The smallest absolute Gasteiger partial charge is 0.372 e. The summed E-state index contributed by atoms with van der Waals surface area (Å²) in [6.07, 6.45) is -4.27. The predicted octanol–water partition coefficient (Wildman–Crippen LogP) is 4.67. The van der Waals surface area contributed by atoms with Crippen molar-refractivity contribution < 1.29 is 13.2 Å². The summed E-state index contributed by atoms with van der Waals surface area (Å²) in [5, 5.41) is 4.02. The van der Waals surface area contributed by atoms with Gasteiger partial charge in [0.25, 0.3) is 0 Å². The lowest BCUT2D eigenvalue weighted by molar-refractivity contribution is -0.137. The van der Waals surface area contributed by atoms with Crippen LogP contribution in [-0.2, 0) is 6.18 Å². The van der Waals surface area contributed by atoms with Crippen molar-refractivity contribution in [2.75, 3.05) is 5.33 Å². The van der Waals surface area contributed by atoms with E-state index in [0.29, 0.717) is 0 Å². The highest BCUT2D eigenvalue weighted by molar-refractivity contribution is 9.09. The van der Waals surface area contributed by atoms with Crippen LogP contribution in [0.5, 0.6) is 0 Å². The Hall–Kier alpha value is -0.620. The van der Waals surface area contributed by atoms with Crippen LogP contribution in [0.15, 0.2) is 34.9 Å². The Morgan fingerprint density at radius 2 is 1.89 bits per heavy atom. The van der Waals surface area contributed by atoms with Crippen molar-refractivity contribution in [3.8, 4) is 0 Å². The van der Waals surface area contributed by atoms with Gasteiger partial charge >= 0.3 is 6.18 Å². The van der Waals surface area contributed by atoms with Crippen molar-refractivity contribution in [1.82, 2.24) is 5.32 Å². The van der Waals surface area contributed by atoms with Crippen molar-refractivity contribution in [3.63, 3.8) is 0 Å². The van der Waals surface area contributed by atoms with Crippen LogP contribution in [0.1, 0.15) is 23.4 Å². The molecule has 1 aliphatic rings. The summed E-state index contributed by atoms with van der Waals surface area (Å²) in [5.41, 5.74) is 1.31. The Morgan fingerprint density at radius 1 is 1.28 bits per heavy atom. The van der Waals surface area contributed by atoms with Gasteiger partial charge in [-0.05, 0) is 24.6 Å². The highest BCUT2D eigenvalue weighted by Gasteiger charge is 2.30. The maximum absolute atomic E-state index is 12.4. The van der Waals surface area contributed by atoms with Crippen LogP contribution in [0, 0.1) is 0 Å².